The highest BCUT2D eigenvalue weighted by atomic mass is 79.9. The predicted molar refractivity (Wildman–Crippen MR) is 79.7 cm³/mol. The van der Waals surface area contributed by atoms with Gasteiger partial charge in [0, 0.05) is 31.7 Å². The van der Waals surface area contributed by atoms with Crippen molar-refractivity contribution >= 4 is 33.6 Å². The van der Waals surface area contributed by atoms with Crippen LogP contribution in [0, 0.1) is 0 Å². The Labute approximate surface area is 126 Å². The van der Waals surface area contributed by atoms with Crippen molar-refractivity contribution in [2.24, 2.45) is 0 Å². The van der Waals surface area contributed by atoms with Gasteiger partial charge in [-0.15, -0.1) is 0 Å². The smallest absolute Gasteiger partial charge is 0.302 e. The van der Waals surface area contributed by atoms with E-state index < -0.39 is 0 Å². The second-order valence-electron chi connectivity index (χ2n) is 4.60. The fourth-order valence-electron chi connectivity index (χ4n) is 1.48. The molecule has 20 heavy (non-hydrogen) atoms. The number of carbonyl (C=O) groups is 2. The van der Waals surface area contributed by atoms with Crippen LogP contribution in [-0.4, -0.2) is 48.5 Å². The first-order chi connectivity index (χ1) is 9.31. The molecule has 0 saturated heterocycles. The minimum Gasteiger partial charge on any atom is -0.464 e. The van der Waals surface area contributed by atoms with Crippen molar-refractivity contribution in [2.75, 3.05) is 26.0 Å². The van der Waals surface area contributed by atoms with E-state index in [9.17, 15) is 9.59 Å². The van der Waals surface area contributed by atoms with E-state index >= 15 is 0 Å². The molecule has 1 aromatic rings. The number of nitrogens with one attached hydrogen (secondary N) is 1. The average Bonchev–Trinajstić information content (AvgIpc) is 2.37. The van der Waals surface area contributed by atoms with Gasteiger partial charge in [0.2, 0.25) is 0 Å². The predicted octanol–water partition coefficient (Wildman–Crippen LogP) is 1.91. The zero-order valence-corrected chi connectivity index (χ0v) is 13.5. The summed E-state index contributed by atoms with van der Waals surface area (Å²) < 4.78 is 5.64. The summed E-state index contributed by atoms with van der Waals surface area (Å²) in [5.41, 5.74) is 0.457. The first-order valence-electron chi connectivity index (χ1n) is 6.08. The van der Waals surface area contributed by atoms with Crippen LogP contribution < -0.4 is 5.32 Å². The molecular weight excluding hydrogens is 326 g/mol. The molecule has 1 rings (SSSR count). The van der Waals surface area contributed by atoms with Gasteiger partial charge in [-0.3, -0.25) is 9.59 Å². The van der Waals surface area contributed by atoms with Gasteiger partial charge in [-0.25, -0.2) is 4.98 Å². The van der Waals surface area contributed by atoms with E-state index in [2.05, 4.69) is 26.2 Å². The van der Waals surface area contributed by atoms with Gasteiger partial charge in [-0.1, -0.05) is 0 Å². The zero-order chi connectivity index (χ0) is 15.3. The summed E-state index contributed by atoms with van der Waals surface area (Å²) in [6.45, 7) is 3.41. The van der Waals surface area contributed by atoms with Crippen molar-refractivity contribution in [2.45, 2.75) is 19.9 Å². The highest BCUT2D eigenvalue weighted by Crippen LogP contribution is 2.20. The molecule has 1 atom stereocenters. The summed E-state index contributed by atoms with van der Waals surface area (Å²) in [6, 6.07) is 1.55. The number of esters is 1. The van der Waals surface area contributed by atoms with Gasteiger partial charge in [0.15, 0.2) is 0 Å². The Morgan fingerprint density at radius 3 is 2.70 bits per heavy atom. The molecule has 6 nitrogen and oxygen atoms in total. The molecule has 1 N–H and O–H groups in total. The van der Waals surface area contributed by atoms with Gasteiger partial charge >= 0.3 is 5.97 Å². The molecule has 7 heteroatoms. The van der Waals surface area contributed by atoms with Crippen molar-refractivity contribution in [3.8, 4) is 0 Å². The van der Waals surface area contributed by atoms with E-state index in [4.69, 9.17) is 4.74 Å². The van der Waals surface area contributed by atoms with Gasteiger partial charge in [-0.05, 0) is 28.9 Å². The topological polar surface area (TPSA) is 71.5 Å². The monoisotopic (exact) mass is 343 g/mol. The summed E-state index contributed by atoms with van der Waals surface area (Å²) in [4.78, 5) is 28.6. The Balaban J connectivity index is 2.89. The maximum absolute atomic E-state index is 12.1. The molecule has 0 fully saturated rings. The molecule has 0 aromatic carbocycles. The van der Waals surface area contributed by atoms with Crippen molar-refractivity contribution < 1.29 is 14.3 Å². The van der Waals surface area contributed by atoms with Crippen LogP contribution in [0.3, 0.4) is 0 Å². The minimum absolute atomic E-state index is 0.152. The van der Waals surface area contributed by atoms with E-state index in [1.807, 2.05) is 6.92 Å². The van der Waals surface area contributed by atoms with Crippen molar-refractivity contribution in [3.63, 3.8) is 0 Å². The Morgan fingerprint density at radius 2 is 2.15 bits per heavy atom. The molecule has 0 spiro atoms. The summed E-state index contributed by atoms with van der Waals surface area (Å²) in [5, 5.41) is 3.07. The minimum atomic E-state index is -0.341. The number of halogens is 1. The largest absolute Gasteiger partial charge is 0.464 e. The molecule has 0 aliphatic heterocycles. The third kappa shape index (κ3) is 4.80. The Kier molecular flexibility index (Phi) is 5.94. The molecule has 110 valence electrons. The quantitative estimate of drug-likeness (QED) is 0.827. The fraction of sp³-hybridized carbons (Fsp3) is 0.462. The summed E-state index contributed by atoms with van der Waals surface area (Å²) >= 11 is 3.30. The number of anilines is 1. The zero-order valence-electron chi connectivity index (χ0n) is 11.9. The molecule has 0 bridgehead atoms. The number of carbonyl (C=O) groups excluding carboxylic acids is 2. The lowest BCUT2D eigenvalue weighted by molar-refractivity contribution is -0.141. The number of rotatable bonds is 5. The number of hydrogen-bond acceptors (Lipinski definition) is 5. The maximum Gasteiger partial charge on any atom is 0.302 e. The Morgan fingerprint density at radius 1 is 1.50 bits per heavy atom. The van der Waals surface area contributed by atoms with Crippen LogP contribution in [0.25, 0.3) is 0 Å². The second-order valence-corrected chi connectivity index (χ2v) is 5.51. The first-order valence-corrected chi connectivity index (χ1v) is 6.87. The normalized spacial score (nSPS) is 11.7. The van der Waals surface area contributed by atoms with Crippen LogP contribution in [0.4, 0.5) is 5.82 Å². The van der Waals surface area contributed by atoms with E-state index in [0.29, 0.717) is 11.4 Å². The third-order valence-electron chi connectivity index (χ3n) is 2.41. The van der Waals surface area contributed by atoms with Crippen molar-refractivity contribution in [1.29, 1.82) is 0 Å². The SMILES string of the molecule is CC(=O)OC[C@H](C)Nc1ncc(Br)cc1C(=O)N(C)C. The summed E-state index contributed by atoms with van der Waals surface area (Å²) in [7, 11) is 3.35. The van der Waals surface area contributed by atoms with E-state index in [0.717, 1.165) is 4.47 Å². The molecule has 0 saturated carbocycles. The highest BCUT2D eigenvalue weighted by Gasteiger charge is 2.17. The lowest BCUT2D eigenvalue weighted by atomic mass is 10.2. The van der Waals surface area contributed by atoms with Crippen LogP contribution in [0.15, 0.2) is 16.7 Å². The van der Waals surface area contributed by atoms with E-state index in [1.165, 1.54) is 11.8 Å². The van der Waals surface area contributed by atoms with E-state index in [1.54, 1.807) is 26.4 Å². The van der Waals surface area contributed by atoms with Gasteiger partial charge in [0.25, 0.3) is 5.91 Å². The van der Waals surface area contributed by atoms with Crippen LogP contribution in [0.5, 0.6) is 0 Å². The van der Waals surface area contributed by atoms with E-state index in [-0.39, 0.29) is 24.5 Å². The second kappa shape index (κ2) is 7.23. The molecule has 0 aliphatic carbocycles. The summed E-state index contributed by atoms with van der Waals surface area (Å²) in [5.74, 6) is -0.0282. The van der Waals surface area contributed by atoms with Gasteiger partial charge in [-0.2, -0.15) is 0 Å². The van der Waals surface area contributed by atoms with Gasteiger partial charge < -0.3 is 15.0 Å². The summed E-state index contributed by atoms with van der Waals surface area (Å²) in [6.07, 6.45) is 1.60. The Hall–Kier alpha value is -1.63. The number of pyridine rings is 1. The Bertz CT molecular complexity index is 506. The standard InChI is InChI=1S/C13H18BrN3O3/c1-8(7-20-9(2)18)16-12-11(13(19)17(3)4)5-10(14)6-15-12/h5-6,8H,7H2,1-4H3,(H,15,16)/t8-/m0/s1. The molecule has 1 heterocycles. The van der Waals surface area contributed by atoms with Crippen molar-refractivity contribution in [3.05, 3.63) is 22.3 Å². The van der Waals surface area contributed by atoms with Crippen LogP contribution >= 0.6 is 15.9 Å². The highest BCUT2D eigenvalue weighted by molar-refractivity contribution is 9.10. The molecule has 1 aromatic heterocycles. The number of ether oxygens (including phenoxy) is 1. The molecule has 0 unspecified atom stereocenters. The maximum atomic E-state index is 12.1. The van der Waals surface area contributed by atoms with Gasteiger partial charge in [0.05, 0.1) is 11.6 Å². The van der Waals surface area contributed by atoms with Crippen molar-refractivity contribution in [1.82, 2.24) is 9.88 Å². The molecule has 0 aliphatic rings. The number of amides is 1. The number of hydrogen-bond donors (Lipinski definition) is 1. The molecule has 0 radical (unpaired) electrons. The first kappa shape index (κ1) is 16.4. The average molecular weight is 344 g/mol. The number of nitrogens with zero attached hydrogens (tertiary/aromatic N) is 2. The lowest BCUT2D eigenvalue weighted by Gasteiger charge is -2.18. The third-order valence-corrected chi connectivity index (χ3v) is 2.84. The van der Waals surface area contributed by atoms with Gasteiger partial charge in [0.1, 0.15) is 12.4 Å². The number of aromatic nitrogens is 1. The molecule has 1 amide bonds. The van der Waals surface area contributed by atoms with Crippen LogP contribution in [0.1, 0.15) is 24.2 Å². The van der Waals surface area contributed by atoms with Crippen LogP contribution in [-0.2, 0) is 9.53 Å². The van der Waals surface area contributed by atoms with Crippen LogP contribution in [0.2, 0.25) is 0 Å². The molecular formula is C13H18BrN3O3. The lowest BCUT2D eigenvalue weighted by Crippen LogP contribution is -2.27. The fourth-order valence-corrected chi connectivity index (χ4v) is 1.81.